The van der Waals surface area contributed by atoms with Crippen molar-refractivity contribution in [2.24, 2.45) is 5.92 Å². The molecule has 1 aliphatic heterocycles. The van der Waals surface area contributed by atoms with Gasteiger partial charge in [-0.2, -0.15) is 11.3 Å². The van der Waals surface area contributed by atoms with Gasteiger partial charge in [-0.05, 0) is 42.7 Å². The summed E-state index contributed by atoms with van der Waals surface area (Å²) in [6, 6.07) is 1.44. The van der Waals surface area contributed by atoms with Crippen molar-refractivity contribution in [1.29, 1.82) is 0 Å². The molecule has 2 atom stereocenters. The van der Waals surface area contributed by atoms with Gasteiger partial charge in [-0.25, -0.2) is 0 Å². The van der Waals surface area contributed by atoms with Gasteiger partial charge < -0.3 is 14.5 Å². The molecule has 3 rings (SSSR count). The van der Waals surface area contributed by atoms with Crippen molar-refractivity contribution in [2.45, 2.75) is 39.3 Å². The number of hydrogen-bond acceptors (Lipinski definition) is 5. The third kappa shape index (κ3) is 2.88. The molecule has 0 unspecified atom stereocenters. The van der Waals surface area contributed by atoms with Crippen molar-refractivity contribution in [1.82, 2.24) is 10.1 Å². The number of carbonyl (C=O) groups excluding carboxylic acids is 1. The third-order valence-electron chi connectivity index (χ3n) is 4.42. The standard InChI is InChI=1S/C16H18N2O4S/c1-9-13(10(2)22-17-9)7-18-14(19)4-3-12(16(20)21)15(18)11-5-6-23-8-11/h5-6,8,12,15H,3-4,7H2,1-2H3,(H,20,21)/t12-,15+/m0/s1. The second-order valence-electron chi connectivity index (χ2n) is 5.81. The monoisotopic (exact) mass is 334 g/mol. The molecule has 3 heterocycles. The highest BCUT2D eigenvalue weighted by atomic mass is 32.1. The number of thiophene rings is 1. The Hall–Kier alpha value is -2.15. The minimum atomic E-state index is -0.863. The molecule has 1 fully saturated rings. The van der Waals surface area contributed by atoms with Gasteiger partial charge in [0.15, 0.2) is 0 Å². The first-order valence-corrected chi connectivity index (χ1v) is 8.39. The van der Waals surface area contributed by atoms with Gasteiger partial charge in [-0.15, -0.1) is 0 Å². The molecule has 0 aromatic carbocycles. The number of carbonyl (C=O) groups is 2. The SMILES string of the molecule is Cc1noc(C)c1CN1C(=O)CC[C@H](C(=O)O)[C@H]1c1ccsc1. The highest BCUT2D eigenvalue weighted by molar-refractivity contribution is 7.08. The van der Waals surface area contributed by atoms with Crippen molar-refractivity contribution in [2.75, 3.05) is 0 Å². The van der Waals surface area contributed by atoms with E-state index in [2.05, 4.69) is 5.16 Å². The van der Waals surface area contributed by atoms with Gasteiger partial charge in [0.05, 0.1) is 24.2 Å². The number of hydrogen-bond donors (Lipinski definition) is 1. The van der Waals surface area contributed by atoms with E-state index in [0.717, 1.165) is 16.8 Å². The van der Waals surface area contributed by atoms with Crippen molar-refractivity contribution >= 4 is 23.2 Å². The molecule has 2 aromatic rings. The number of piperidine rings is 1. The quantitative estimate of drug-likeness (QED) is 0.929. The van der Waals surface area contributed by atoms with E-state index in [1.807, 2.05) is 23.8 Å². The lowest BCUT2D eigenvalue weighted by molar-refractivity contribution is -0.152. The van der Waals surface area contributed by atoms with Crippen LogP contribution in [0.3, 0.4) is 0 Å². The third-order valence-corrected chi connectivity index (χ3v) is 5.12. The van der Waals surface area contributed by atoms with E-state index in [-0.39, 0.29) is 12.3 Å². The lowest BCUT2D eigenvalue weighted by atomic mass is 9.85. The Morgan fingerprint density at radius 1 is 1.52 bits per heavy atom. The van der Waals surface area contributed by atoms with Gasteiger partial charge >= 0.3 is 5.97 Å². The zero-order valence-corrected chi connectivity index (χ0v) is 13.8. The number of aryl methyl sites for hydroxylation is 2. The van der Waals surface area contributed by atoms with Gasteiger partial charge in [0.1, 0.15) is 5.76 Å². The molecule has 1 saturated heterocycles. The molecule has 23 heavy (non-hydrogen) atoms. The first kappa shape index (κ1) is 15.7. The van der Waals surface area contributed by atoms with Crippen molar-refractivity contribution in [3.05, 3.63) is 39.4 Å². The average molecular weight is 334 g/mol. The van der Waals surface area contributed by atoms with Gasteiger partial charge in [0, 0.05) is 12.0 Å². The molecular formula is C16H18N2O4S. The largest absolute Gasteiger partial charge is 0.481 e. The number of rotatable bonds is 4. The minimum absolute atomic E-state index is 0.0290. The molecule has 2 aromatic heterocycles. The van der Waals surface area contributed by atoms with Crippen LogP contribution in [0, 0.1) is 19.8 Å². The van der Waals surface area contributed by atoms with Crippen LogP contribution < -0.4 is 0 Å². The fourth-order valence-corrected chi connectivity index (χ4v) is 3.84. The Balaban J connectivity index is 1.99. The van der Waals surface area contributed by atoms with E-state index in [1.165, 1.54) is 11.3 Å². The van der Waals surface area contributed by atoms with Gasteiger partial charge in [-0.3, -0.25) is 9.59 Å². The summed E-state index contributed by atoms with van der Waals surface area (Å²) in [7, 11) is 0. The van der Waals surface area contributed by atoms with E-state index in [4.69, 9.17) is 4.52 Å². The predicted molar refractivity (Wildman–Crippen MR) is 83.9 cm³/mol. The lowest BCUT2D eigenvalue weighted by Crippen LogP contribution is -2.44. The number of aliphatic carboxylic acids is 1. The molecule has 122 valence electrons. The number of likely N-dealkylation sites (tertiary alicyclic amines) is 1. The summed E-state index contributed by atoms with van der Waals surface area (Å²) in [5, 5.41) is 17.3. The number of amides is 1. The highest BCUT2D eigenvalue weighted by Crippen LogP contribution is 2.39. The summed E-state index contributed by atoms with van der Waals surface area (Å²) in [5.74, 6) is -0.823. The van der Waals surface area contributed by atoms with E-state index >= 15 is 0 Å². The normalized spacial score (nSPS) is 21.7. The van der Waals surface area contributed by atoms with E-state index in [0.29, 0.717) is 18.7 Å². The molecular weight excluding hydrogens is 316 g/mol. The van der Waals surface area contributed by atoms with E-state index in [1.54, 1.807) is 11.8 Å². The second-order valence-corrected chi connectivity index (χ2v) is 6.59. The smallest absolute Gasteiger partial charge is 0.308 e. The lowest BCUT2D eigenvalue weighted by Gasteiger charge is -2.39. The Bertz CT molecular complexity index is 703. The highest BCUT2D eigenvalue weighted by Gasteiger charge is 2.41. The molecule has 6 nitrogen and oxygen atoms in total. The topological polar surface area (TPSA) is 83.6 Å². The number of aromatic nitrogens is 1. The molecule has 0 saturated carbocycles. The summed E-state index contributed by atoms with van der Waals surface area (Å²) in [6.45, 7) is 3.96. The molecule has 7 heteroatoms. The Labute approximate surface area is 137 Å². The summed E-state index contributed by atoms with van der Waals surface area (Å²) >= 11 is 1.50. The van der Waals surface area contributed by atoms with Crippen LogP contribution in [0.5, 0.6) is 0 Å². The summed E-state index contributed by atoms with van der Waals surface area (Å²) in [5.41, 5.74) is 2.46. The van der Waals surface area contributed by atoms with Crippen LogP contribution in [0.1, 0.15) is 41.5 Å². The Morgan fingerprint density at radius 3 is 2.87 bits per heavy atom. The zero-order valence-electron chi connectivity index (χ0n) is 13.0. The number of carboxylic acids is 1. The average Bonchev–Trinajstić information content (AvgIpc) is 3.13. The maximum absolute atomic E-state index is 12.5. The van der Waals surface area contributed by atoms with Gasteiger partial charge in [-0.1, -0.05) is 5.16 Å². The van der Waals surface area contributed by atoms with Crippen LogP contribution in [0.15, 0.2) is 21.3 Å². The molecule has 0 radical (unpaired) electrons. The van der Waals surface area contributed by atoms with E-state index < -0.39 is 17.9 Å². The molecule has 1 amide bonds. The van der Waals surface area contributed by atoms with Gasteiger partial charge in [0.2, 0.25) is 5.91 Å². The molecule has 0 spiro atoms. The van der Waals surface area contributed by atoms with Crippen molar-refractivity contribution in [3.63, 3.8) is 0 Å². The molecule has 1 aliphatic rings. The Kier molecular flexibility index (Phi) is 4.21. The Morgan fingerprint density at radius 2 is 2.30 bits per heavy atom. The van der Waals surface area contributed by atoms with Crippen LogP contribution >= 0.6 is 11.3 Å². The fourth-order valence-electron chi connectivity index (χ4n) is 3.15. The number of nitrogens with zero attached hydrogens (tertiary/aromatic N) is 2. The minimum Gasteiger partial charge on any atom is -0.481 e. The molecule has 1 N–H and O–H groups in total. The predicted octanol–water partition coefficient (Wildman–Crippen LogP) is 2.92. The van der Waals surface area contributed by atoms with Crippen LogP contribution in [0.25, 0.3) is 0 Å². The summed E-state index contributed by atoms with van der Waals surface area (Å²) in [4.78, 5) is 25.8. The summed E-state index contributed by atoms with van der Waals surface area (Å²) < 4.78 is 5.17. The van der Waals surface area contributed by atoms with Crippen molar-refractivity contribution in [3.8, 4) is 0 Å². The fraction of sp³-hybridized carbons (Fsp3) is 0.438. The maximum atomic E-state index is 12.5. The van der Waals surface area contributed by atoms with Crippen LogP contribution in [0.2, 0.25) is 0 Å². The summed E-state index contributed by atoms with van der Waals surface area (Å²) in [6.07, 6.45) is 0.619. The van der Waals surface area contributed by atoms with Crippen LogP contribution in [0.4, 0.5) is 0 Å². The first-order chi connectivity index (χ1) is 11.0. The second kappa shape index (κ2) is 6.16. The van der Waals surface area contributed by atoms with Crippen LogP contribution in [-0.4, -0.2) is 27.0 Å². The molecule has 0 aliphatic carbocycles. The zero-order chi connectivity index (χ0) is 16.6. The van der Waals surface area contributed by atoms with Crippen molar-refractivity contribution < 1.29 is 19.2 Å². The number of carboxylic acid groups (broad SMARTS) is 1. The maximum Gasteiger partial charge on any atom is 0.308 e. The molecule has 0 bridgehead atoms. The van der Waals surface area contributed by atoms with Gasteiger partial charge in [0.25, 0.3) is 0 Å². The first-order valence-electron chi connectivity index (χ1n) is 7.45. The van der Waals surface area contributed by atoms with Crippen LogP contribution in [-0.2, 0) is 16.1 Å². The van der Waals surface area contributed by atoms with E-state index in [9.17, 15) is 14.7 Å².